The van der Waals surface area contributed by atoms with Gasteiger partial charge >= 0.3 is 0 Å². The smallest absolute Gasteiger partial charge is 0.136 e. The highest BCUT2D eigenvalue weighted by molar-refractivity contribution is 6.30. The Bertz CT molecular complexity index is 510. The zero-order valence-corrected chi connectivity index (χ0v) is 11.0. The van der Waals surface area contributed by atoms with Crippen molar-refractivity contribution in [2.45, 2.75) is 13.0 Å². The van der Waals surface area contributed by atoms with Gasteiger partial charge in [0.1, 0.15) is 11.9 Å². The molecule has 2 rings (SSSR count). The minimum absolute atomic E-state index is 0.149. The molecular weight excluding hydrogens is 246 g/mol. The third-order valence-corrected chi connectivity index (χ3v) is 2.97. The summed E-state index contributed by atoms with van der Waals surface area (Å²) in [5.41, 5.74) is 8.06. The van der Waals surface area contributed by atoms with E-state index in [-0.39, 0.29) is 6.10 Å². The predicted octanol–water partition coefficient (Wildman–Crippen LogP) is 3.73. The van der Waals surface area contributed by atoms with Crippen molar-refractivity contribution in [3.8, 4) is 5.75 Å². The summed E-state index contributed by atoms with van der Waals surface area (Å²) in [6, 6.07) is 15.5. The maximum Gasteiger partial charge on any atom is 0.136 e. The van der Waals surface area contributed by atoms with Crippen molar-refractivity contribution in [2.24, 2.45) is 5.73 Å². The standard InChI is InChI=1S/C15H16ClNO/c1-11-5-7-12(8-6-11)15(10-17)18-14-4-2-3-13(16)9-14/h2-9,15H,10,17H2,1H3. The Kier molecular flexibility index (Phi) is 4.24. The van der Waals surface area contributed by atoms with E-state index in [1.54, 1.807) is 6.07 Å². The molecule has 1 unspecified atom stereocenters. The second kappa shape index (κ2) is 5.89. The fourth-order valence-electron chi connectivity index (χ4n) is 1.74. The zero-order chi connectivity index (χ0) is 13.0. The fraction of sp³-hybridized carbons (Fsp3) is 0.200. The van der Waals surface area contributed by atoms with E-state index in [1.165, 1.54) is 5.56 Å². The Labute approximate surface area is 112 Å². The number of hydrogen-bond acceptors (Lipinski definition) is 2. The third-order valence-electron chi connectivity index (χ3n) is 2.74. The minimum atomic E-state index is -0.149. The topological polar surface area (TPSA) is 35.2 Å². The lowest BCUT2D eigenvalue weighted by atomic mass is 10.1. The second-order valence-corrected chi connectivity index (χ2v) is 4.65. The molecule has 94 valence electrons. The quantitative estimate of drug-likeness (QED) is 0.910. The fourth-order valence-corrected chi connectivity index (χ4v) is 1.92. The maximum atomic E-state index is 5.93. The van der Waals surface area contributed by atoms with Crippen LogP contribution >= 0.6 is 11.6 Å². The molecule has 0 aliphatic heterocycles. The molecule has 2 N–H and O–H groups in total. The van der Waals surface area contributed by atoms with Crippen LogP contribution in [0.15, 0.2) is 48.5 Å². The highest BCUT2D eigenvalue weighted by Crippen LogP contribution is 2.24. The summed E-state index contributed by atoms with van der Waals surface area (Å²) in [6.45, 7) is 2.48. The molecule has 3 heteroatoms. The number of rotatable bonds is 4. The van der Waals surface area contributed by atoms with Gasteiger partial charge < -0.3 is 10.5 Å². The van der Waals surface area contributed by atoms with Crippen LogP contribution in [0.1, 0.15) is 17.2 Å². The average Bonchev–Trinajstić information content (AvgIpc) is 2.37. The van der Waals surface area contributed by atoms with E-state index in [9.17, 15) is 0 Å². The molecule has 0 aromatic heterocycles. The molecule has 0 spiro atoms. The highest BCUT2D eigenvalue weighted by Gasteiger charge is 2.11. The molecule has 0 aliphatic rings. The summed E-state index contributed by atoms with van der Waals surface area (Å²) in [5.74, 6) is 0.735. The number of ether oxygens (including phenoxy) is 1. The molecule has 2 nitrogen and oxygen atoms in total. The predicted molar refractivity (Wildman–Crippen MR) is 75.1 cm³/mol. The summed E-state index contributed by atoms with van der Waals surface area (Å²) < 4.78 is 5.86. The molecule has 18 heavy (non-hydrogen) atoms. The Hall–Kier alpha value is -1.51. The van der Waals surface area contributed by atoms with Crippen molar-refractivity contribution in [2.75, 3.05) is 6.54 Å². The first kappa shape index (κ1) is 12.9. The molecule has 0 saturated carbocycles. The van der Waals surface area contributed by atoms with Gasteiger partial charge in [-0.05, 0) is 30.7 Å². The van der Waals surface area contributed by atoms with Crippen molar-refractivity contribution in [3.63, 3.8) is 0 Å². The van der Waals surface area contributed by atoms with Gasteiger partial charge in [0.2, 0.25) is 0 Å². The molecule has 0 bridgehead atoms. The maximum absolute atomic E-state index is 5.93. The van der Waals surface area contributed by atoms with Crippen molar-refractivity contribution in [1.29, 1.82) is 0 Å². The molecular formula is C15H16ClNO. The minimum Gasteiger partial charge on any atom is -0.484 e. The number of hydrogen-bond donors (Lipinski definition) is 1. The van der Waals surface area contributed by atoms with Crippen LogP contribution < -0.4 is 10.5 Å². The molecule has 1 atom stereocenters. The lowest BCUT2D eigenvalue weighted by Gasteiger charge is -2.18. The first-order chi connectivity index (χ1) is 8.69. The van der Waals surface area contributed by atoms with Gasteiger partial charge in [-0.3, -0.25) is 0 Å². The lowest BCUT2D eigenvalue weighted by molar-refractivity contribution is 0.214. The van der Waals surface area contributed by atoms with Gasteiger partial charge in [-0.2, -0.15) is 0 Å². The molecule has 0 heterocycles. The Morgan fingerprint density at radius 1 is 1.17 bits per heavy atom. The van der Waals surface area contributed by atoms with E-state index < -0.39 is 0 Å². The Balaban J connectivity index is 2.17. The summed E-state index contributed by atoms with van der Waals surface area (Å²) in [4.78, 5) is 0. The third kappa shape index (κ3) is 3.25. The normalized spacial score (nSPS) is 12.2. The van der Waals surface area contributed by atoms with E-state index in [0.29, 0.717) is 11.6 Å². The summed E-state index contributed by atoms with van der Waals surface area (Å²) in [7, 11) is 0. The SMILES string of the molecule is Cc1ccc(C(CN)Oc2cccc(Cl)c2)cc1. The molecule has 2 aromatic carbocycles. The van der Waals surface area contributed by atoms with Crippen molar-refractivity contribution in [1.82, 2.24) is 0 Å². The summed E-state index contributed by atoms with van der Waals surface area (Å²) in [6.07, 6.45) is -0.149. The number of nitrogens with two attached hydrogens (primary N) is 1. The van der Waals surface area contributed by atoms with E-state index in [4.69, 9.17) is 22.1 Å². The average molecular weight is 262 g/mol. The zero-order valence-electron chi connectivity index (χ0n) is 10.3. The number of halogens is 1. The molecule has 0 aliphatic carbocycles. The van der Waals surface area contributed by atoms with Gasteiger partial charge in [-0.25, -0.2) is 0 Å². The first-order valence-corrected chi connectivity index (χ1v) is 6.25. The van der Waals surface area contributed by atoms with E-state index >= 15 is 0 Å². The van der Waals surface area contributed by atoms with Crippen molar-refractivity contribution in [3.05, 3.63) is 64.7 Å². The largest absolute Gasteiger partial charge is 0.484 e. The number of aryl methyl sites for hydroxylation is 1. The number of benzene rings is 2. The van der Waals surface area contributed by atoms with Crippen molar-refractivity contribution >= 4 is 11.6 Å². The molecule has 0 amide bonds. The first-order valence-electron chi connectivity index (χ1n) is 5.88. The van der Waals surface area contributed by atoms with Crippen LogP contribution in [0, 0.1) is 6.92 Å². The molecule has 2 aromatic rings. The molecule has 0 radical (unpaired) electrons. The Morgan fingerprint density at radius 3 is 2.50 bits per heavy atom. The van der Waals surface area contributed by atoms with Crippen molar-refractivity contribution < 1.29 is 4.74 Å². The van der Waals surface area contributed by atoms with E-state index in [2.05, 4.69) is 19.1 Å². The van der Waals surface area contributed by atoms with Gasteiger partial charge in [0.15, 0.2) is 0 Å². The second-order valence-electron chi connectivity index (χ2n) is 4.21. The van der Waals surface area contributed by atoms with Gasteiger partial charge in [-0.15, -0.1) is 0 Å². The van der Waals surface area contributed by atoms with Crippen LogP contribution in [0.4, 0.5) is 0 Å². The Morgan fingerprint density at radius 2 is 1.89 bits per heavy atom. The summed E-state index contributed by atoms with van der Waals surface area (Å²) in [5, 5.41) is 0.659. The lowest BCUT2D eigenvalue weighted by Crippen LogP contribution is -2.18. The molecule has 0 saturated heterocycles. The van der Waals surface area contributed by atoms with Crippen LogP contribution in [-0.2, 0) is 0 Å². The van der Waals surface area contributed by atoms with Crippen LogP contribution in [0.3, 0.4) is 0 Å². The van der Waals surface area contributed by atoms with Gasteiger partial charge in [0.25, 0.3) is 0 Å². The van der Waals surface area contributed by atoms with Gasteiger partial charge in [0.05, 0.1) is 0 Å². The molecule has 0 fully saturated rings. The highest BCUT2D eigenvalue weighted by atomic mass is 35.5. The van der Waals surface area contributed by atoms with Crippen LogP contribution in [0.25, 0.3) is 0 Å². The van der Waals surface area contributed by atoms with Crippen LogP contribution in [0.5, 0.6) is 5.75 Å². The van der Waals surface area contributed by atoms with Gasteiger partial charge in [0, 0.05) is 11.6 Å². The van der Waals surface area contributed by atoms with Crippen LogP contribution in [0.2, 0.25) is 5.02 Å². The van der Waals surface area contributed by atoms with E-state index in [0.717, 1.165) is 11.3 Å². The van der Waals surface area contributed by atoms with Crippen LogP contribution in [-0.4, -0.2) is 6.54 Å². The summed E-state index contributed by atoms with van der Waals surface area (Å²) >= 11 is 5.93. The van der Waals surface area contributed by atoms with E-state index in [1.807, 2.05) is 30.3 Å². The van der Waals surface area contributed by atoms with Gasteiger partial charge in [-0.1, -0.05) is 47.5 Å². The monoisotopic (exact) mass is 261 g/mol.